The Morgan fingerprint density at radius 2 is 1.84 bits per heavy atom. The predicted octanol–water partition coefficient (Wildman–Crippen LogP) is 5.96. The molecule has 38 heavy (non-hydrogen) atoms. The number of fused-ring (bicyclic) bond motifs is 1. The van der Waals surface area contributed by atoms with Crippen molar-refractivity contribution in [2.24, 2.45) is 5.92 Å². The maximum Gasteiger partial charge on any atom is 0.307 e. The van der Waals surface area contributed by atoms with Crippen LogP contribution in [0, 0.1) is 12.8 Å². The van der Waals surface area contributed by atoms with Crippen molar-refractivity contribution in [1.29, 1.82) is 0 Å². The number of likely N-dealkylation sites (tertiary alicyclic amines) is 1. The Bertz CT molecular complexity index is 1610. The van der Waals surface area contributed by atoms with Crippen LogP contribution in [0.3, 0.4) is 0 Å². The standard InChI is InChI=1S/C31H29N5O2/c1-20-4-2-6-28(35-20)30-29(33-19-34-30)23-11-12-27-25(14-23)15-26(16-32-27)22-9-7-21(8-10-22)17-36-13-3-5-24(18-36)31(37)38/h2,4,6-12,14-16,19,24H,3,5,13,17-18H2,1H3,(H,33,34)(H,37,38)/t24-/m0/s1. The van der Waals surface area contributed by atoms with Crippen LogP contribution in [0.15, 0.2) is 79.3 Å². The van der Waals surface area contributed by atoms with Crippen LogP contribution in [0.4, 0.5) is 0 Å². The Hall–Kier alpha value is -4.36. The second-order valence-corrected chi connectivity index (χ2v) is 10.0. The molecule has 0 amide bonds. The van der Waals surface area contributed by atoms with Crippen LogP contribution in [-0.4, -0.2) is 49.0 Å². The summed E-state index contributed by atoms with van der Waals surface area (Å²) in [6.45, 7) is 4.31. The fraction of sp³-hybridized carbons (Fsp3) is 0.226. The molecular formula is C31H29N5O2. The third kappa shape index (κ3) is 4.93. The van der Waals surface area contributed by atoms with Crippen LogP contribution in [0.1, 0.15) is 24.1 Å². The molecule has 1 fully saturated rings. The molecule has 7 nitrogen and oxygen atoms in total. The number of aliphatic carboxylic acids is 1. The number of aromatic amines is 1. The van der Waals surface area contributed by atoms with Crippen molar-refractivity contribution in [3.63, 3.8) is 0 Å². The number of nitrogens with zero attached hydrogens (tertiary/aromatic N) is 4. The van der Waals surface area contributed by atoms with Crippen LogP contribution >= 0.6 is 0 Å². The highest BCUT2D eigenvalue weighted by atomic mass is 16.4. The molecule has 4 heterocycles. The highest BCUT2D eigenvalue weighted by Crippen LogP contribution is 2.31. The Kier molecular flexibility index (Phi) is 6.43. The van der Waals surface area contributed by atoms with Gasteiger partial charge in [0.15, 0.2) is 0 Å². The van der Waals surface area contributed by atoms with E-state index < -0.39 is 5.97 Å². The number of H-pyrrole nitrogens is 1. The number of carbonyl (C=O) groups is 1. The molecule has 2 N–H and O–H groups in total. The zero-order chi connectivity index (χ0) is 26.1. The normalized spacial score (nSPS) is 16.1. The number of hydrogen-bond donors (Lipinski definition) is 2. The van der Waals surface area contributed by atoms with Gasteiger partial charge in [0.25, 0.3) is 0 Å². The van der Waals surface area contributed by atoms with Crippen LogP contribution in [-0.2, 0) is 11.3 Å². The van der Waals surface area contributed by atoms with Crippen LogP contribution in [0.5, 0.6) is 0 Å². The smallest absolute Gasteiger partial charge is 0.307 e. The molecule has 1 aliphatic rings. The van der Waals surface area contributed by atoms with Gasteiger partial charge in [-0.1, -0.05) is 36.4 Å². The summed E-state index contributed by atoms with van der Waals surface area (Å²) in [5.74, 6) is -0.949. The van der Waals surface area contributed by atoms with Gasteiger partial charge in [-0.25, -0.2) is 4.98 Å². The summed E-state index contributed by atoms with van der Waals surface area (Å²) >= 11 is 0. The average molecular weight is 504 g/mol. The van der Waals surface area contributed by atoms with Crippen LogP contribution < -0.4 is 0 Å². The zero-order valence-corrected chi connectivity index (χ0v) is 21.3. The minimum Gasteiger partial charge on any atom is -0.481 e. The third-order valence-electron chi connectivity index (χ3n) is 7.29. The van der Waals surface area contributed by atoms with Crippen molar-refractivity contribution in [3.05, 3.63) is 90.5 Å². The van der Waals surface area contributed by atoms with Gasteiger partial charge in [-0.15, -0.1) is 0 Å². The van der Waals surface area contributed by atoms with E-state index in [9.17, 15) is 9.90 Å². The number of carboxylic acid groups (broad SMARTS) is 1. The van der Waals surface area contributed by atoms with Gasteiger partial charge in [-0.05, 0) is 67.8 Å². The first-order chi connectivity index (χ1) is 18.5. The van der Waals surface area contributed by atoms with Crippen molar-refractivity contribution < 1.29 is 9.90 Å². The predicted molar refractivity (Wildman–Crippen MR) is 148 cm³/mol. The zero-order valence-electron chi connectivity index (χ0n) is 21.3. The minimum absolute atomic E-state index is 0.262. The fourth-order valence-electron chi connectivity index (χ4n) is 5.29. The first-order valence-corrected chi connectivity index (χ1v) is 13.0. The number of piperidine rings is 1. The summed E-state index contributed by atoms with van der Waals surface area (Å²) in [5, 5.41) is 10.4. The SMILES string of the molecule is Cc1cccc(-c2[nH]cnc2-c2ccc3ncc(-c4ccc(CN5CCC[C@H](C(=O)O)C5)cc4)cc3c2)n1. The largest absolute Gasteiger partial charge is 0.481 e. The van der Waals surface area contributed by atoms with E-state index in [1.807, 2.05) is 37.4 Å². The molecule has 0 saturated carbocycles. The van der Waals surface area contributed by atoms with Crippen molar-refractivity contribution in [2.75, 3.05) is 13.1 Å². The molecule has 6 rings (SSSR count). The van der Waals surface area contributed by atoms with Crippen LogP contribution in [0.25, 0.3) is 44.7 Å². The van der Waals surface area contributed by atoms with Crippen molar-refractivity contribution >= 4 is 16.9 Å². The van der Waals surface area contributed by atoms with Gasteiger partial charge < -0.3 is 10.1 Å². The number of aromatic nitrogens is 4. The molecule has 5 aromatic rings. The van der Waals surface area contributed by atoms with Gasteiger partial charge in [0.2, 0.25) is 0 Å². The van der Waals surface area contributed by atoms with E-state index in [0.717, 1.165) is 76.3 Å². The monoisotopic (exact) mass is 503 g/mol. The van der Waals surface area contributed by atoms with Crippen molar-refractivity contribution in [3.8, 4) is 33.8 Å². The van der Waals surface area contributed by atoms with E-state index in [2.05, 4.69) is 62.3 Å². The third-order valence-corrected chi connectivity index (χ3v) is 7.29. The number of aryl methyl sites for hydroxylation is 1. The van der Waals surface area contributed by atoms with Crippen molar-refractivity contribution in [1.82, 2.24) is 24.8 Å². The van der Waals surface area contributed by atoms with Crippen LogP contribution in [0.2, 0.25) is 0 Å². The van der Waals surface area contributed by atoms with Gasteiger partial charge in [0.05, 0.1) is 34.8 Å². The summed E-state index contributed by atoms with van der Waals surface area (Å²) in [4.78, 5) is 30.9. The molecule has 190 valence electrons. The fourth-order valence-corrected chi connectivity index (χ4v) is 5.29. The molecule has 1 aliphatic heterocycles. The molecule has 3 aromatic heterocycles. The molecule has 0 unspecified atom stereocenters. The molecule has 0 aliphatic carbocycles. The van der Waals surface area contributed by atoms with E-state index in [-0.39, 0.29) is 5.92 Å². The summed E-state index contributed by atoms with van der Waals surface area (Å²) < 4.78 is 0. The summed E-state index contributed by atoms with van der Waals surface area (Å²) in [7, 11) is 0. The quantitative estimate of drug-likeness (QED) is 0.297. The molecule has 2 aromatic carbocycles. The molecule has 1 atom stereocenters. The molecule has 0 radical (unpaired) electrons. The van der Waals surface area contributed by atoms with Gasteiger partial charge in [-0.2, -0.15) is 0 Å². The average Bonchev–Trinajstić information content (AvgIpc) is 3.43. The number of imidazole rings is 1. The number of carboxylic acids is 1. The molecular weight excluding hydrogens is 474 g/mol. The van der Waals surface area contributed by atoms with E-state index in [0.29, 0.717) is 6.54 Å². The number of rotatable bonds is 6. The number of nitrogens with one attached hydrogen (secondary N) is 1. The Balaban J connectivity index is 1.24. The Morgan fingerprint density at radius 3 is 2.66 bits per heavy atom. The summed E-state index contributed by atoms with van der Waals surface area (Å²) in [6, 6.07) is 22.9. The van der Waals surface area contributed by atoms with Crippen molar-refractivity contribution in [2.45, 2.75) is 26.3 Å². The maximum absolute atomic E-state index is 11.4. The van der Waals surface area contributed by atoms with Gasteiger partial charge in [0.1, 0.15) is 0 Å². The molecule has 7 heteroatoms. The topological polar surface area (TPSA) is 95.0 Å². The summed E-state index contributed by atoms with van der Waals surface area (Å²) in [5.41, 5.74) is 8.86. The second kappa shape index (κ2) is 10.2. The molecule has 0 spiro atoms. The molecule has 0 bridgehead atoms. The van der Waals surface area contributed by atoms with Gasteiger partial charge in [-0.3, -0.25) is 19.7 Å². The van der Waals surface area contributed by atoms with Gasteiger partial charge >= 0.3 is 5.97 Å². The first-order valence-electron chi connectivity index (χ1n) is 13.0. The lowest BCUT2D eigenvalue weighted by molar-refractivity contribution is -0.143. The number of benzene rings is 2. The maximum atomic E-state index is 11.4. The van der Waals surface area contributed by atoms with Gasteiger partial charge in [0, 0.05) is 41.5 Å². The van der Waals surface area contributed by atoms with E-state index in [4.69, 9.17) is 4.98 Å². The lowest BCUT2D eigenvalue weighted by atomic mass is 9.97. The number of hydrogen-bond acceptors (Lipinski definition) is 5. The van der Waals surface area contributed by atoms with E-state index in [1.54, 1.807) is 6.33 Å². The Labute approximate surface area is 221 Å². The highest BCUT2D eigenvalue weighted by molar-refractivity contribution is 5.89. The lowest BCUT2D eigenvalue weighted by Gasteiger charge is -2.30. The second-order valence-electron chi connectivity index (χ2n) is 10.0. The van der Waals surface area contributed by atoms with E-state index in [1.165, 1.54) is 5.56 Å². The highest BCUT2D eigenvalue weighted by Gasteiger charge is 2.25. The minimum atomic E-state index is -0.688. The first kappa shape index (κ1) is 24.0. The molecule has 1 saturated heterocycles. The Morgan fingerprint density at radius 1 is 1.03 bits per heavy atom. The number of pyridine rings is 2. The lowest BCUT2D eigenvalue weighted by Crippen LogP contribution is -2.38. The summed E-state index contributed by atoms with van der Waals surface area (Å²) in [6.07, 6.45) is 5.32. The van der Waals surface area contributed by atoms with E-state index >= 15 is 0 Å².